The Labute approximate surface area is 200 Å². The van der Waals surface area contributed by atoms with Gasteiger partial charge in [-0.2, -0.15) is 0 Å². The number of methoxy groups -OCH3 is 3. The minimum atomic E-state index is -0.478. The molecule has 0 aliphatic carbocycles. The molecule has 0 fully saturated rings. The topological polar surface area (TPSA) is 76.0 Å². The van der Waals surface area contributed by atoms with E-state index in [1.807, 2.05) is 44.2 Å². The molecule has 0 bridgehead atoms. The van der Waals surface area contributed by atoms with E-state index in [1.54, 1.807) is 32.4 Å². The molecule has 7 nitrogen and oxygen atoms in total. The number of nitrogens with zero attached hydrogens (tertiary/aromatic N) is 1. The minimum Gasteiger partial charge on any atom is -0.497 e. The third kappa shape index (κ3) is 5.98. The number of carbonyl (C=O) groups is 2. The Morgan fingerprint density at radius 1 is 0.824 bits per heavy atom. The van der Waals surface area contributed by atoms with Crippen LogP contribution in [0, 0.1) is 13.8 Å². The van der Waals surface area contributed by atoms with Crippen LogP contribution >= 0.6 is 0 Å². The van der Waals surface area contributed by atoms with Gasteiger partial charge in [0.25, 0.3) is 0 Å². The quantitative estimate of drug-likeness (QED) is 0.310. The summed E-state index contributed by atoms with van der Waals surface area (Å²) in [7, 11) is 4.73. The summed E-state index contributed by atoms with van der Waals surface area (Å²) in [6.45, 7) is 4.34. The molecule has 0 unspecified atom stereocenters. The molecule has 2 aromatic carbocycles. The highest BCUT2D eigenvalue weighted by molar-refractivity contribution is 5.99. The maximum absolute atomic E-state index is 12.8. The van der Waals surface area contributed by atoms with Gasteiger partial charge in [0.15, 0.2) is 18.1 Å². The van der Waals surface area contributed by atoms with Crippen LogP contribution in [0.4, 0.5) is 0 Å². The van der Waals surface area contributed by atoms with E-state index in [-0.39, 0.29) is 18.8 Å². The van der Waals surface area contributed by atoms with Crippen molar-refractivity contribution in [3.63, 3.8) is 0 Å². The maximum Gasteiger partial charge on any atom is 0.310 e. The van der Waals surface area contributed by atoms with Gasteiger partial charge in [0, 0.05) is 23.5 Å². The Bertz CT molecular complexity index is 1150. The third-order valence-electron chi connectivity index (χ3n) is 5.82. The van der Waals surface area contributed by atoms with E-state index in [2.05, 4.69) is 4.57 Å². The molecule has 7 heteroatoms. The lowest BCUT2D eigenvalue weighted by Crippen LogP contribution is -2.16. The monoisotopic (exact) mass is 465 g/mol. The Hall–Kier alpha value is -3.74. The third-order valence-corrected chi connectivity index (χ3v) is 5.82. The molecule has 0 aliphatic heterocycles. The fourth-order valence-corrected chi connectivity index (χ4v) is 3.89. The lowest BCUT2D eigenvalue weighted by Gasteiger charge is -2.11. The molecule has 34 heavy (non-hydrogen) atoms. The van der Waals surface area contributed by atoms with E-state index in [1.165, 1.54) is 12.7 Å². The van der Waals surface area contributed by atoms with Crippen molar-refractivity contribution < 1.29 is 28.5 Å². The molecule has 3 rings (SSSR count). The maximum atomic E-state index is 12.8. The molecule has 0 spiro atoms. The van der Waals surface area contributed by atoms with Crippen LogP contribution in [0.1, 0.15) is 32.9 Å². The highest BCUT2D eigenvalue weighted by Crippen LogP contribution is 2.27. The number of hydrogen-bond acceptors (Lipinski definition) is 6. The van der Waals surface area contributed by atoms with Gasteiger partial charge in [0.1, 0.15) is 5.75 Å². The second kappa shape index (κ2) is 11.4. The van der Waals surface area contributed by atoms with Gasteiger partial charge < -0.3 is 23.5 Å². The number of ketones is 1. The molecule has 180 valence electrons. The van der Waals surface area contributed by atoms with Crippen LogP contribution < -0.4 is 14.2 Å². The van der Waals surface area contributed by atoms with Crippen molar-refractivity contribution in [3.8, 4) is 17.2 Å². The first-order valence-corrected chi connectivity index (χ1v) is 11.1. The number of esters is 1. The normalized spacial score (nSPS) is 10.6. The molecule has 3 aromatic rings. The Morgan fingerprint density at radius 3 is 2.15 bits per heavy atom. The van der Waals surface area contributed by atoms with Gasteiger partial charge in [0.05, 0.1) is 27.8 Å². The van der Waals surface area contributed by atoms with Crippen molar-refractivity contribution in [3.05, 3.63) is 76.6 Å². The van der Waals surface area contributed by atoms with E-state index in [9.17, 15) is 9.59 Å². The molecule has 1 aromatic heterocycles. The first-order valence-electron chi connectivity index (χ1n) is 11.1. The van der Waals surface area contributed by atoms with Crippen molar-refractivity contribution in [2.45, 2.75) is 33.2 Å². The van der Waals surface area contributed by atoms with Gasteiger partial charge in [-0.15, -0.1) is 0 Å². The van der Waals surface area contributed by atoms with Crippen LogP contribution in [0.15, 0.2) is 48.5 Å². The fraction of sp³-hybridized carbons (Fsp3) is 0.333. The number of ether oxygens (including phenoxy) is 4. The molecule has 0 saturated carbocycles. The SMILES string of the molecule is COc1ccc(CCn2c(C)cc(C(=O)COC(=O)Cc3ccc(OC)c(OC)c3)c2C)cc1. The van der Waals surface area contributed by atoms with Crippen molar-refractivity contribution in [2.24, 2.45) is 0 Å². The molecule has 1 heterocycles. The second-order valence-electron chi connectivity index (χ2n) is 7.98. The predicted molar refractivity (Wildman–Crippen MR) is 129 cm³/mol. The van der Waals surface area contributed by atoms with E-state index in [0.717, 1.165) is 30.1 Å². The van der Waals surface area contributed by atoms with E-state index in [4.69, 9.17) is 18.9 Å². The minimum absolute atomic E-state index is 0.0362. The Balaban J connectivity index is 1.58. The van der Waals surface area contributed by atoms with Crippen molar-refractivity contribution in [1.82, 2.24) is 4.57 Å². The number of rotatable bonds is 11. The highest BCUT2D eigenvalue weighted by atomic mass is 16.5. The van der Waals surface area contributed by atoms with Crippen LogP contribution in [-0.4, -0.2) is 44.3 Å². The van der Waals surface area contributed by atoms with Crippen LogP contribution in [0.3, 0.4) is 0 Å². The summed E-state index contributed by atoms with van der Waals surface area (Å²) in [4.78, 5) is 25.1. The van der Waals surface area contributed by atoms with E-state index >= 15 is 0 Å². The molecule has 0 amide bonds. The number of aromatic nitrogens is 1. The van der Waals surface area contributed by atoms with Crippen molar-refractivity contribution >= 4 is 11.8 Å². The predicted octanol–water partition coefficient (Wildman–Crippen LogP) is 4.34. The zero-order valence-electron chi connectivity index (χ0n) is 20.3. The summed E-state index contributed by atoms with van der Waals surface area (Å²) in [5.74, 6) is 1.24. The van der Waals surface area contributed by atoms with Crippen LogP contribution in [0.25, 0.3) is 0 Å². The molecule has 0 saturated heterocycles. The van der Waals surface area contributed by atoms with E-state index in [0.29, 0.717) is 22.6 Å². The molecule has 0 N–H and O–H groups in total. The summed E-state index contributed by atoms with van der Waals surface area (Å²) in [5.41, 5.74) is 4.33. The fourth-order valence-electron chi connectivity index (χ4n) is 3.89. The number of benzene rings is 2. The summed E-state index contributed by atoms with van der Waals surface area (Å²) < 4.78 is 23.0. The zero-order valence-corrected chi connectivity index (χ0v) is 20.3. The summed E-state index contributed by atoms with van der Waals surface area (Å²) in [6, 6.07) is 15.0. The van der Waals surface area contributed by atoms with Gasteiger partial charge in [-0.3, -0.25) is 9.59 Å². The van der Waals surface area contributed by atoms with Crippen molar-refractivity contribution in [1.29, 1.82) is 0 Å². The average Bonchev–Trinajstić information content (AvgIpc) is 3.14. The lowest BCUT2D eigenvalue weighted by atomic mass is 10.1. The first-order chi connectivity index (χ1) is 16.4. The summed E-state index contributed by atoms with van der Waals surface area (Å²) >= 11 is 0. The molecule has 0 radical (unpaired) electrons. The molecular weight excluding hydrogens is 434 g/mol. The smallest absolute Gasteiger partial charge is 0.310 e. The van der Waals surface area contributed by atoms with Gasteiger partial charge in [-0.25, -0.2) is 0 Å². The van der Waals surface area contributed by atoms with Gasteiger partial charge in [0.2, 0.25) is 5.78 Å². The van der Waals surface area contributed by atoms with Crippen LogP contribution in [0.2, 0.25) is 0 Å². The van der Waals surface area contributed by atoms with Gasteiger partial charge in [-0.1, -0.05) is 18.2 Å². The number of Topliss-reactive ketones (excluding diaryl/α,β-unsaturated/α-hetero) is 1. The van der Waals surface area contributed by atoms with Gasteiger partial charge in [-0.05, 0) is 61.7 Å². The Kier molecular flexibility index (Phi) is 8.35. The van der Waals surface area contributed by atoms with Crippen molar-refractivity contribution in [2.75, 3.05) is 27.9 Å². The molecular formula is C27H31NO6. The Morgan fingerprint density at radius 2 is 1.50 bits per heavy atom. The number of aryl methyl sites for hydroxylation is 2. The number of hydrogen-bond donors (Lipinski definition) is 0. The summed E-state index contributed by atoms with van der Waals surface area (Å²) in [5, 5.41) is 0. The summed E-state index contributed by atoms with van der Waals surface area (Å²) in [6.07, 6.45) is 0.864. The van der Waals surface area contributed by atoms with E-state index < -0.39 is 5.97 Å². The standard InChI is InChI=1S/C27H31NO6/c1-18-14-23(19(2)28(18)13-12-20-6-9-22(31-3)10-7-20)24(29)17-34-27(30)16-21-8-11-25(32-4)26(15-21)33-5/h6-11,14-15H,12-13,16-17H2,1-5H3. The average molecular weight is 466 g/mol. The molecule has 0 aliphatic rings. The lowest BCUT2D eigenvalue weighted by molar-refractivity contribution is -0.141. The van der Waals surface area contributed by atoms with Crippen LogP contribution in [-0.2, 0) is 28.9 Å². The number of carbonyl (C=O) groups excluding carboxylic acids is 2. The highest BCUT2D eigenvalue weighted by Gasteiger charge is 2.18. The molecule has 0 atom stereocenters. The zero-order chi connectivity index (χ0) is 24.7. The largest absolute Gasteiger partial charge is 0.497 e. The van der Waals surface area contributed by atoms with Crippen LogP contribution in [0.5, 0.6) is 17.2 Å². The first kappa shape index (κ1) is 24.9. The van der Waals surface area contributed by atoms with Gasteiger partial charge >= 0.3 is 5.97 Å². The second-order valence-corrected chi connectivity index (χ2v) is 7.98.